The standard InChI is InChI=1S/C13H15NO5/c15-9-6-19-12(9)8-3-4-10(14-11(8)13(16)17)18-5-7-1-2-7/h3-4,7,9,12,15H,1-2,5-6H2,(H,16,17). The van der Waals surface area contributed by atoms with Crippen molar-refractivity contribution in [3.05, 3.63) is 23.4 Å². The van der Waals surface area contributed by atoms with Crippen molar-refractivity contribution in [2.45, 2.75) is 25.0 Å². The fourth-order valence-corrected chi connectivity index (χ4v) is 2.00. The first-order valence-electron chi connectivity index (χ1n) is 6.32. The van der Waals surface area contributed by atoms with E-state index in [-0.39, 0.29) is 12.3 Å². The van der Waals surface area contributed by atoms with E-state index in [9.17, 15) is 15.0 Å². The summed E-state index contributed by atoms with van der Waals surface area (Å²) in [5.41, 5.74) is 0.280. The van der Waals surface area contributed by atoms with Gasteiger partial charge in [-0.15, -0.1) is 0 Å². The maximum atomic E-state index is 11.2. The van der Waals surface area contributed by atoms with Crippen molar-refractivity contribution in [1.82, 2.24) is 4.98 Å². The second kappa shape index (κ2) is 4.79. The molecule has 102 valence electrons. The summed E-state index contributed by atoms with van der Waals surface area (Å²) >= 11 is 0. The molecule has 1 saturated carbocycles. The molecule has 0 spiro atoms. The van der Waals surface area contributed by atoms with Gasteiger partial charge < -0.3 is 19.7 Å². The lowest BCUT2D eigenvalue weighted by atomic mass is 9.99. The number of carboxylic acids is 1. The molecular formula is C13H15NO5. The first-order chi connectivity index (χ1) is 9.15. The van der Waals surface area contributed by atoms with Gasteiger partial charge in [0, 0.05) is 11.6 Å². The average molecular weight is 265 g/mol. The van der Waals surface area contributed by atoms with Gasteiger partial charge in [-0.3, -0.25) is 0 Å². The molecule has 1 saturated heterocycles. The number of hydrogen-bond donors (Lipinski definition) is 2. The highest BCUT2D eigenvalue weighted by molar-refractivity contribution is 5.87. The number of ether oxygens (including phenoxy) is 2. The van der Waals surface area contributed by atoms with E-state index >= 15 is 0 Å². The number of hydrogen-bond acceptors (Lipinski definition) is 5. The van der Waals surface area contributed by atoms with Crippen LogP contribution < -0.4 is 4.74 Å². The zero-order valence-electron chi connectivity index (χ0n) is 10.3. The van der Waals surface area contributed by atoms with Gasteiger partial charge in [0.1, 0.15) is 12.2 Å². The van der Waals surface area contributed by atoms with Gasteiger partial charge in [-0.2, -0.15) is 0 Å². The molecule has 2 atom stereocenters. The molecule has 1 aromatic rings. The minimum Gasteiger partial charge on any atom is -0.477 e. The van der Waals surface area contributed by atoms with Crippen LogP contribution in [0.5, 0.6) is 5.88 Å². The van der Waals surface area contributed by atoms with Crippen LogP contribution in [0, 0.1) is 5.92 Å². The Morgan fingerprint density at radius 2 is 2.26 bits per heavy atom. The number of aliphatic hydroxyl groups is 1. The van der Waals surface area contributed by atoms with Crippen molar-refractivity contribution in [2.75, 3.05) is 13.2 Å². The number of aliphatic hydroxyl groups excluding tert-OH is 1. The van der Waals surface area contributed by atoms with E-state index < -0.39 is 18.2 Å². The Morgan fingerprint density at radius 1 is 1.47 bits per heavy atom. The van der Waals surface area contributed by atoms with Crippen LogP contribution in [-0.2, 0) is 4.74 Å². The van der Waals surface area contributed by atoms with Gasteiger partial charge in [0.05, 0.1) is 13.2 Å². The maximum Gasteiger partial charge on any atom is 0.355 e. The molecule has 1 aliphatic carbocycles. The van der Waals surface area contributed by atoms with E-state index in [4.69, 9.17) is 9.47 Å². The molecular weight excluding hydrogens is 250 g/mol. The van der Waals surface area contributed by atoms with Gasteiger partial charge in [0.2, 0.25) is 5.88 Å². The maximum absolute atomic E-state index is 11.2. The summed E-state index contributed by atoms with van der Waals surface area (Å²) in [5.74, 6) is -0.261. The van der Waals surface area contributed by atoms with E-state index in [1.54, 1.807) is 12.1 Å². The molecule has 1 aliphatic heterocycles. The number of rotatable bonds is 5. The normalized spacial score (nSPS) is 25.7. The Kier molecular flexibility index (Phi) is 3.12. The van der Waals surface area contributed by atoms with E-state index in [2.05, 4.69) is 4.98 Å². The lowest BCUT2D eigenvalue weighted by Crippen LogP contribution is -2.38. The van der Waals surface area contributed by atoms with E-state index in [1.165, 1.54) is 0 Å². The third-order valence-corrected chi connectivity index (χ3v) is 3.37. The highest BCUT2D eigenvalue weighted by Crippen LogP contribution is 2.33. The molecule has 6 heteroatoms. The molecule has 19 heavy (non-hydrogen) atoms. The van der Waals surface area contributed by atoms with E-state index in [0.717, 1.165) is 12.8 Å². The smallest absolute Gasteiger partial charge is 0.355 e. The zero-order valence-corrected chi connectivity index (χ0v) is 10.3. The first kappa shape index (κ1) is 12.4. The summed E-state index contributed by atoms with van der Waals surface area (Å²) in [6.45, 7) is 0.803. The third kappa shape index (κ3) is 2.54. The van der Waals surface area contributed by atoms with Crippen molar-refractivity contribution < 1.29 is 24.5 Å². The number of carboxylic acid groups (broad SMARTS) is 1. The highest BCUT2D eigenvalue weighted by atomic mass is 16.5. The van der Waals surface area contributed by atoms with Crippen LogP contribution in [-0.4, -0.2) is 40.5 Å². The number of aromatic carboxylic acids is 1. The quantitative estimate of drug-likeness (QED) is 0.825. The topological polar surface area (TPSA) is 88.9 Å². The molecule has 3 rings (SSSR count). The van der Waals surface area contributed by atoms with Gasteiger partial charge in [0.25, 0.3) is 0 Å². The second-order valence-electron chi connectivity index (χ2n) is 4.97. The van der Waals surface area contributed by atoms with Gasteiger partial charge in [-0.1, -0.05) is 0 Å². The molecule has 2 unspecified atom stereocenters. The van der Waals surface area contributed by atoms with Crippen molar-refractivity contribution in [3.8, 4) is 5.88 Å². The van der Waals surface area contributed by atoms with Gasteiger partial charge in [-0.25, -0.2) is 9.78 Å². The largest absolute Gasteiger partial charge is 0.477 e. The van der Waals surface area contributed by atoms with Crippen LogP contribution in [0.25, 0.3) is 0 Å². The predicted octanol–water partition coefficient (Wildman–Crippen LogP) is 1.00. The van der Waals surface area contributed by atoms with Crippen LogP contribution in [0.4, 0.5) is 0 Å². The summed E-state index contributed by atoms with van der Waals surface area (Å²) in [6, 6.07) is 3.23. The number of carbonyl (C=O) groups is 1. The average Bonchev–Trinajstić information content (AvgIpc) is 3.19. The monoisotopic (exact) mass is 265 g/mol. The molecule has 0 aromatic carbocycles. The molecule has 0 bridgehead atoms. The molecule has 2 heterocycles. The molecule has 2 N–H and O–H groups in total. The highest BCUT2D eigenvalue weighted by Gasteiger charge is 2.35. The Bertz CT molecular complexity index is 500. The van der Waals surface area contributed by atoms with Crippen molar-refractivity contribution >= 4 is 5.97 Å². The summed E-state index contributed by atoms with van der Waals surface area (Å²) in [7, 11) is 0. The van der Waals surface area contributed by atoms with Gasteiger partial charge >= 0.3 is 5.97 Å². The molecule has 2 aliphatic rings. The zero-order chi connectivity index (χ0) is 13.4. The summed E-state index contributed by atoms with van der Waals surface area (Å²) in [4.78, 5) is 15.2. The summed E-state index contributed by atoms with van der Waals surface area (Å²) in [5, 5.41) is 18.7. The second-order valence-corrected chi connectivity index (χ2v) is 4.97. The minimum absolute atomic E-state index is 0.114. The predicted molar refractivity (Wildman–Crippen MR) is 64.1 cm³/mol. The number of aromatic nitrogens is 1. The Labute approximate surface area is 110 Å². The summed E-state index contributed by atoms with van der Waals surface area (Å²) in [6.07, 6.45) is 1.05. The lowest BCUT2D eigenvalue weighted by molar-refractivity contribution is -0.165. The van der Waals surface area contributed by atoms with Crippen molar-refractivity contribution in [2.24, 2.45) is 5.92 Å². The van der Waals surface area contributed by atoms with E-state index in [0.29, 0.717) is 24.0 Å². The van der Waals surface area contributed by atoms with Crippen LogP contribution in [0.1, 0.15) is 35.0 Å². The van der Waals surface area contributed by atoms with Crippen LogP contribution in [0.15, 0.2) is 12.1 Å². The van der Waals surface area contributed by atoms with Crippen LogP contribution in [0.2, 0.25) is 0 Å². The Balaban J connectivity index is 1.81. The molecule has 0 radical (unpaired) electrons. The third-order valence-electron chi connectivity index (χ3n) is 3.37. The fraction of sp³-hybridized carbons (Fsp3) is 0.538. The lowest BCUT2D eigenvalue weighted by Gasteiger charge is -2.33. The van der Waals surface area contributed by atoms with Crippen LogP contribution >= 0.6 is 0 Å². The number of nitrogens with zero attached hydrogens (tertiary/aromatic N) is 1. The fourth-order valence-electron chi connectivity index (χ4n) is 2.00. The minimum atomic E-state index is -1.14. The van der Waals surface area contributed by atoms with Crippen molar-refractivity contribution in [1.29, 1.82) is 0 Å². The Hall–Kier alpha value is -1.66. The molecule has 0 amide bonds. The Morgan fingerprint density at radius 3 is 2.79 bits per heavy atom. The summed E-state index contributed by atoms with van der Waals surface area (Å²) < 4.78 is 10.6. The SMILES string of the molecule is O=C(O)c1nc(OCC2CC2)ccc1C1OCC1O. The first-order valence-corrected chi connectivity index (χ1v) is 6.32. The molecule has 2 fully saturated rings. The van der Waals surface area contributed by atoms with Crippen molar-refractivity contribution in [3.63, 3.8) is 0 Å². The molecule has 1 aromatic heterocycles. The van der Waals surface area contributed by atoms with Crippen LogP contribution in [0.3, 0.4) is 0 Å². The number of pyridine rings is 1. The van der Waals surface area contributed by atoms with Gasteiger partial charge in [0.15, 0.2) is 5.69 Å². The van der Waals surface area contributed by atoms with E-state index in [1.807, 2.05) is 0 Å². The van der Waals surface area contributed by atoms with Gasteiger partial charge in [-0.05, 0) is 24.8 Å². The molecule has 6 nitrogen and oxygen atoms in total.